The van der Waals surface area contributed by atoms with E-state index in [0.717, 1.165) is 5.56 Å². The highest BCUT2D eigenvalue weighted by Gasteiger charge is 2.45. The largest absolute Gasteiger partial charge is 0.466 e. The van der Waals surface area contributed by atoms with Crippen molar-refractivity contribution in [3.63, 3.8) is 0 Å². The number of hydrogen-bond acceptors (Lipinski definition) is 3. The maximum absolute atomic E-state index is 14.8. The number of carbonyl (C=O) groups is 1. The van der Waals surface area contributed by atoms with Crippen LogP contribution in [0.1, 0.15) is 32.8 Å². The van der Waals surface area contributed by atoms with Gasteiger partial charge in [-0.2, -0.15) is 0 Å². The fourth-order valence-electron chi connectivity index (χ4n) is 4.07. The second kappa shape index (κ2) is 10.5. The normalized spacial score (nSPS) is 14.4. The SMILES string of the molecule is CCOC(=O)[C@@H](CC)[C@](C)(NP(=O)(c1ccccc1)c1ccccc1)c1ccc(Cl)cc1. The molecule has 0 aliphatic rings. The van der Waals surface area contributed by atoms with E-state index in [1.54, 1.807) is 19.1 Å². The molecule has 0 aliphatic heterocycles. The number of hydrogen-bond donors (Lipinski definition) is 1. The lowest BCUT2D eigenvalue weighted by molar-refractivity contribution is -0.151. The molecule has 0 bridgehead atoms. The standard InChI is InChI=1S/C26H29ClNO3P/c1-4-24(25(29)31-5-2)26(3,20-16-18-21(27)19-17-20)28-32(30,22-12-8-6-9-13-22)23-14-10-7-11-15-23/h6-19,24H,4-5H2,1-3H3,(H,28,30)/t24-,26-/m1/s1. The maximum Gasteiger partial charge on any atom is 0.311 e. The van der Waals surface area contributed by atoms with Crippen LogP contribution in [-0.4, -0.2) is 12.6 Å². The smallest absolute Gasteiger partial charge is 0.311 e. The Bertz CT molecular complexity index is 1030. The molecule has 0 radical (unpaired) electrons. The first-order valence-electron chi connectivity index (χ1n) is 10.8. The molecular formula is C26H29ClNO3P. The van der Waals surface area contributed by atoms with Crippen molar-refractivity contribution in [3.8, 4) is 0 Å². The molecule has 3 aromatic rings. The molecule has 0 amide bonds. The molecule has 0 aliphatic carbocycles. The van der Waals surface area contributed by atoms with Crippen molar-refractivity contribution in [1.29, 1.82) is 0 Å². The molecule has 0 aromatic heterocycles. The van der Waals surface area contributed by atoms with Gasteiger partial charge in [-0.3, -0.25) is 9.36 Å². The topological polar surface area (TPSA) is 55.4 Å². The molecule has 0 fully saturated rings. The number of esters is 1. The minimum atomic E-state index is -3.34. The van der Waals surface area contributed by atoms with Gasteiger partial charge in [-0.15, -0.1) is 0 Å². The number of rotatable bonds is 9. The van der Waals surface area contributed by atoms with E-state index in [0.29, 0.717) is 22.1 Å². The Hall–Kier alpha value is -2.39. The third kappa shape index (κ3) is 4.99. The Morgan fingerprint density at radius 3 is 1.88 bits per heavy atom. The zero-order valence-corrected chi connectivity index (χ0v) is 20.3. The predicted octanol–water partition coefficient (Wildman–Crippen LogP) is 5.66. The van der Waals surface area contributed by atoms with Gasteiger partial charge in [-0.1, -0.05) is 67.1 Å². The van der Waals surface area contributed by atoms with Crippen LogP contribution in [0.4, 0.5) is 0 Å². The van der Waals surface area contributed by atoms with Crippen LogP contribution in [0, 0.1) is 5.92 Å². The molecular weight excluding hydrogens is 441 g/mol. The van der Waals surface area contributed by atoms with Gasteiger partial charge >= 0.3 is 5.97 Å². The first-order valence-corrected chi connectivity index (χ1v) is 12.9. The molecule has 168 valence electrons. The lowest BCUT2D eigenvalue weighted by Crippen LogP contribution is -2.50. The van der Waals surface area contributed by atoms with Crippen LogP contribution in [0.15, 0.2) is 84.9 Å². The van der Waals surface area contributed by atoms with Crippen LogP contribution in [0.5, 0.6) is 0 Å². The van der Waals surface area contributed by atoms with Gasteiger partial charge in [0, 0.05) is 15.6 Å². The van der Waals surface area contributed by atoms with Gasteiger partial charge in [0.25, 0.3) is 0 Å². The van der Waals surface area contributed by atoms with Crippen molar-refractivity contribution in [2.24, 2.45) is 5.92 Å². The van der Waals surface area contributed by atoms with Gasteiger partial charge in [0.2, 0.25) is 7.29 Å². The molecule has 0 saturated heterocycles. The minimum absolute atomic E-state index is 0.279. The lowest BCUT2D eigenvalue weighted by Gasteiger charge is -2.40. The van der Waals surface area contributed by atoms with Crippen LogP contribution < -0.4 is 15.7 Å². The quantitative estimate of drug-likeness (QED) is 0.324. The summed E-state index contributed by atoms with van der Waals surface area (Å²) < 4.78 is 20.2. The molecule has 3 aromatic carbocycles. The first kappa shape index (κ1) is 24.3. The summed E-state index contributed by atoms with van der Waals surface area (Å²) in [4.78, 5) is 13.0. The zero-order chi connectivity index (χ0) is 23.2. The summed E-state index contributed by atoms with van der Waals surface area (Å²) in [5.74, 6) is -0.892. The summed E-state index contributed by atoms with van der Waals surface area (Å²) in [5, 5.41) is 5.41. The molecule has 2 atom stereocenters. The Morgan fingerprint density at radius 1 is 0.938 bits per heavy atom. The highest BCUT2D eigenvalue weighted by Crippen LogP contribution is 2.47. The maximum atomic E-state index is 14.8. The monoisotopic (exact) mass is 469 g/mol. The van der Waals surface area contributed by atoms with E-state index in [9.17, 15) is 9.36 Å². The van der Waals surface area contributed by atoms with Crippen LogP contribution in [-0.2, 0) is 19.6 Å². The van der Waals surface area contributed by atoms with Crippen molar-refractivity contribution < 1.29 is 14.1 Å². The number of ether oxygens (including phenoxy) is 1. The average Bonchev–Trinajstić information content (AvgIpc) is 2.81. The number of halogens is 1. The third-order valence-corrected chi connectivity index (χ3v) is 8.83. The Balaban J connectivity index is 2.22. The van der Waals surface area contributed by atoms with Gasteiger partial charge in [0.05, 0.1) is 18.1 Å². The Morgan fingerprint density at radius 2 is 1.44 bits per heavy atom. The summed E-state index contributed by atoms with van der Waals surface area (Å²) in [6.07, 6.45) is 0.508. The second-order valence-electron chi connectivity index (χ2n) is 7.81. The summed E-state index contributed by atoms with van der Waals surface area (Å²) in [5.41, 5.74) is -0.166. The van der Waals surface area contributed by atoms with E-state index < -0.39 is 18.7 Å². The fourth-order valence-corrected chi connectivity index (χ4v) is 6.88. The molecule has 0 unspecified atom stereocenters. The second-order valence-corrected chi connectivity index (χ2v) is 10.7. The molecule has 32 heavy (non-hydrogen) atoms. The fraction of sp³-hybridized carbons (Fsp3) is 0.269. The van der Waals surface area contributed by atoms with E-state index in [1.807, 2.05) is 86.6 Å². The van der Waals surface area contributed by atoms with Crippen LogP contribution >= 0.6 is 18.9 Å². The van der Waals surface area contributed by atoms with E-state index in [1.165, 1.54) is 0 Å². The number of carbonyl (C=O) groups excluding carboxylic acids is 1. The van der Waals surface area contributed by atoms with Crippen molar-refractivity contribution >= 4 is 35.5 Å². The highest BCUT2D eigenvalue weighted by atomic mass is 35.5. The van der Waals surface area contributed by atoms with Crippen molar-refractivity contribution in [3.05, 3.63) is 95.5 Å². The first-order chi connectivity index (χ1) is 15.3. The van der Waals surface area contributed by atoms with Gasteiger partial charge in [-0.05, 0) is 62.2 Å². The molecule has 0 heterocycles. The summed E-state index contributed by atoms with van der Waals surface area (Å²) in [6.45, 7) is 5.92. The average molecular weight is 470 g/mol. The van der Waals surface area contributed by atoms with Gasteiger partial charge in [-0.25, -0.2) is 5.09 Å². The third-order valence-electron chi connectivity index (χ3n) is 5.75. The number of nitrogens with one attached hydrogen (secondary N) is 1. The van der Waals surface area contributed by atoms with E-state index in [2.05, 4.69) is 5.09 Å². The molecule has 1 N–H and O–H groups in total. The molecule has 6 heteroatoms. The van der Waals surface area contributed by atoms with Crippen molar-refractivity contribution in [2.45, 2.75) is 32.7 Å². The van der Waals surface area contributed by atoms with Crippen LogP contribution in [0.3, 0.4) is 0 Å². The van der Waals surface area contributed by atoms with Gasteiger partial charge < -0.3 is 4.74 Å². The van der Waals surface area contributed by atoms with Crippen LogP contribution in [0.25, 0.3) is 0 Å². The predicted molar refractivity (Wildman–Crippen MR) is 132 cm³/mol. The lowest BCUT2D eigenvalue weighted by atomic mass is 9.79. The molecule has 0 saturated carbocycles. The summed E-state index contributed by atoms with van der Waals surface area (Å²) in [6, 6.07) is 26.0. The molecule has 0 spiro atoms. The molecule has 3 rings (SSSR count). The van der Waals surface area contributed by atoms with E-state index in [-0.39, 0.29) is 12.6 Å². The highest BCUT2D eigenvalue weighted by molar-refractivity contribution is 7.77. The Kier molecular flexibility index (Phi) is 7.95. The Labute approximate surface area is 195 Å². The van der Waals surface area contributed by atoms with Crippen LogP contribution in [0.2, 0.25) is 5.02 Å². The van der Waals surface area contributed by atoms with Crippen molar-refractivity contribution in [2.75, 3.05) is 6.61 Å². The summed E-state index contributed by atoms with van der Waals surface area (Å²) >= 11 is 6.15. The van der Waals surface area contributed by atoms with E-state index in [4.69, 9.17) is 16.3 Å². The van der Waals surface area contributed by atoms with E-state index >= 15 is 0 Å². The van der Waals surface area contributed by atoms with Gasteiger partial charge in [0.1, 0.15) is 0 Å². The number of benzene rings is 3. The van der Waals surface area contributed by atoms with Crippen molar-refractivity contribution in [1.82, 2.24) is 5.09 Å². The summed E-state index contributed by atoms with van der Waals surface area (Å²) in [7, 11) is -3.34. The zero-order valence-electron chi connectivity index (χ0n) is 18.6. The minimum Gasteiger partial charge on any atom is -0.466 e. The molecule has 4 nitrogen and oxygen atoms in total. The van der Waals surface area contributed by atoms with Gasteiger partial charge in [0.15, 0.2) is 0 Å².